The summed E-state index contributed by atoms with van der Waals surface area (Å²) in [6.45, 7) is 5.43. The minimum absolute atomic E-state index is 0.149. The molecule has 0 spiro atoms. The number of anilines is 1. The molecule has 0 aromatic heterocycles. The van der Waals surface area contributed by atoms with E-state index in [-0.39, 0.29) is 12.7 Å². The van der Waals surface area contributed by atoms with Gasteiger partial charge in [-0.3, -0.25) is 14.0 Å². The topological polar surface area (TPSA) is 79.4 Å². The van der Waals surface area contributed by atoms with Crippen LogP contribution in [0.3, 0.4) is 0 Å². The number of para-hydroxylation sites is 1. The Bertz CT molecular complexity index is 1050. The molecule has 9 heteroatoms. The molecule has 2 aliphatic rings. The third kappa shape index (κ3) is 4.83. The Hall–Kier alpha value is -2.78. The van der Waals surface area contributed by atoms with Crippen LogP contribution in [0.5, 0.6) is 11.5 Å². The van der Waals surface area contributed by atoms with Gasteiger partial charge in [-0.15, -0.1) is 0 Å². The molecule has 0 saturated carbocycles. The van der Waals surface area contributed by atoms with E-state index in [1.54, 1.807) is 29.2 Å². The standard InChI is InChI=1S/C23H29N3O5S/c1-3-20(26(32(2,28)29)19-7-5-4-6-8-19)23(27)25-13-11-24(12-14-25)16-18-9-10-21-22(15-18)31-17-30-21/h4-10,15,20H,3,11-14,16-17H2,1-2H3. The van der Waals surface area contributed by atoms with E-state index in [1.807, 2.05) is 31.2 Å². The molecule has 172 valence electrons. The fourth-order valence-corrected chi connectivity index (χ4v) is 5.46. The lowest BCUT2D eigenvalue weighted by atomic mass is 10.1. The smallest absolute Gasteiger partial charge is 0.246 e. The molecule has 0 N–H and O–H groups in total. The van der Waals surface area contributed by atoms with Crippen molar-refractivity contribution in [2.24, 2.45) is 0 Å². The van der Waals surface area contributed by atoms with E-state index in [0.29, 0.717) is 25.2 Å². The zero-order valence-electron chi connectivity index (χ0n) is 18.4. The van der Waals surface area contributed by atoms with E-state index in [2.05, 4.69) is 4.90 Å². The predicted molar refractivity (Wildman–Crippen MR) is 122 cm³/mol. The lowest BCUT2D eigenvalue weighted by molar-refractivity contribution is -0.134. The van der Waals surface area contributed by atoms with Crippen molar-refractivity contribution in [2.75, 3.05) is 43.5 Å². The number of amides is 1. The number of benzene rings is 2. The largest absolute Gasteiger partial charge is 0.454 e. The Morgan fingerprint density at radius 2 is 1.72 bits per heavy atom. The van der Waals surface area contributed by atoms with Gasteiger partial charge < -0.3 is 14.4 Å². The van der Waals surface area contributed by atoms with Crippen molar-refractivity contribution in [1.29, 1.82) is 0 Å². The van der Waals surface area contributed by atoms with Crippen molar-refractivity contribution in [1.82, 2.24) is 9.80 Å². The summed E-state index contributed by atoms with van der Waals surface area (Å²) in [6.07, 6.45) is 1.55. The first kappa shape index (κ1) is 22.4. The monoisotopic (exact) mass is 459 g/mol. The highest BCUT2D eigenvalue weighted by Gasteiger charge is 2.35. The zero-order valence-corrected chi connectivity index (χ0v) is 19.3. The molecule has 1 atom stereocenters. The second-order valence-corrected chi connectivity index (χ2v) is 9.97. The number of carbonyl (C=O) groups is 1. The van der Waals surface area contributed by atoms with E-state index < -0.39 is 16.1 Å². The number of fused-ring (bicyclic) bond motifs is 1. The quantitative estimate of drug-likeness (QED) is 0.632. The summed E-state index contributed by atoms with van der Waals surface area (Å²) < 4.78 is 37.2. The van der Waals surface area contributed by atoms with Crippen LogP contribution in [0, 0.1) is 0 Å². The summed E-state index contributed by atoms with van der Waals surface area (Å²) in [6, 6.07) is 14.0. The minimum Gasteiger partial charge on any atom is -0.454 e. The Morgan fingerprint density at radius 1 is 1.03 bits per heavy atom. The van der Waals surface area contributed by atoms with Crippen molar-refractivity contribution in [3.05, 3.63) is 54.1 Å². The highest BCUT2D eigenvalue weighted by molar-refractivity contribution is 7.92. The van der Waals surface area contributed by atoms with Gasteiger partial charge in [0.05, 0.1) is 11.9 Å². The maximum absolute atomic E-state index is 13.4. The number of ether oxygens (including phenoxy) is 2. The fraction of sp³-hybridized carbons (Fsp3) is 0.435. The third-order valence-electron chi connectivity index (χ3n) is 5.85. The molecule has 1 fully saturated rings. The Kier molecular flexibility index (Phi) is 6.57. The highest BCUT2D eigenvalue weighted by Crippen LogP contribution is 2.33. The van der Waals surface area contributed by atoms with E-state index in [9.17, 15) is 13.2 Å². The number of hydrogen-bond donors (Lipinski definition) is 0. The summed E-state index contributed by atoms with van der Waals surface area (Å²) in [5, 5.41) is 0. The van der Waals surface area contributed by atoms with Crippen molar-refractivity contribution < 1.29 is 22.7 Å². The van der Waals surface area contributed by atoms with Gasteiger partial charge in [0.2, 0.25) is 22.7 Å². The first-order chi connectivity index (χ1) is 15.4. The number of hydrogen-bond acceptors (Lipinski definition) is 6. The van der Waals surface area contributed by atoms with Crippen LogP contribution in [-0.2, 0) is 21.4 Å². The second kappa shape index (κ2) is 9.38. The van der Waals surface area contributed by atoms with Gasteiger partial charge in [-0.2, -0.15) is 0 Å². The lowest BCUT2D eigenvalue weighted by Crippen LogP contribution is -2.55. The Balaban J connectivity index is 1.41. The van der Waals surface area contributed by atoms with Gasteiger partial charge in [-0.25, -0.2) is 8.42 Å². The molecule has 2 aromatic rings. The molecule has 32 heavy (non-hydrogen) atoms. The maximum atomic E-state index is 13.4. The minimum atomic E-state index is -3.62. The van der Waals surface area contributed by atoms with Gasteiger partial charge in [0, 0.05) is 32.7 Å². The predicted octanol–water partition coefficient (Wildman–Crippen LogP) is 2.30. The van der Waals surface area contributed by atoms with Gasteiger partial charge in [0.25, 0.3) is 0 Å². The van der Waals surface area contributed by atoms with Gasteiger partial charge in [0.1, 0.15) is 6.04 Å². The van der Waals surface area contributed by atoms with Crippen LogP contribution in [0.4, 0.5) is 5.69 Å². The van der Waals surface area contributed by atoms with E-state index in [4.69, 9.17) is 9.47 Å². The number of piperazine rings is 1. The highest BCUT2D eigenvalue weighted by atomic mass is 32.2. The molecule has 2 aliphatic heterocycles. The molecule has 0 aliphatic carbocycles. The van der Waals surface area contributed by atoms with Gasteiger partial charge in [0.15, 0.2) is 11.5 Å². The van der Waals surface area contributed by atoms with Crippen LogP contribution in [0.15, 0.2) is 48.5 Å². The van der Waals surface area contributed by atoms with E-state index >= 15 is 0 Å². The fourth-order valence-electron chi connectivity index (χ4n) is 4.25. The van der Waals surface area contributed by atoms with Gasteiger partial charge in [-0.05, 0) is 36.2 Å². The molecule has 4 rings (SSSR count). The Morgan fingerprint density at radius 3 is 2.38 bits per heavy atom. The van der Waals surface area contributed by atoms with Crippen LogP contribution >= 0.6 is 0 Å². The molecule has 2 heterocycles. The Labute approximate surface area is 189 Å². The lowest BCUT2D eigenvalue weighted by Gasteiger charge is -2.39. The van der Waals surface area contributed by atoms with Crippen LogP contribution in [0.2, 0.25) is 0 Å². The number of carbonyl (C=O) groups excluding carboxylic acids is 1. The van der Waals surface area contributed by atoms with Crippen LogP contribution < -0.4 is 13.8 Å². The van der Waals surface area contributed by atoms with Gasteiger partial charge >= 0.3 is 0 Å². The van der Waals surface area contributed by atoms with Crippen LogP contribution in [0.1, 0.15) is 18.9 Å². The molecular weight excluding hydrogens is 430 g/mol. The molecule has 0 radical (unpaired) electrons. The van der Waals surface area contributed by atoms with Crippen molar-refractivity contribution in [2.45, 2.75) is 25.9 Å². The maximum Gasteiger partial charge on any atom is 0.246 e. The summed E-state index contributed by atoms with van der Waals surface area (Å²) in [5.74, 6) is 1.39. The van der Waals surface area contributed by atoms with Crippen LogP contribution in [0.25, 0.3) is 0 Å². The first-order valence-electron chi connectivity index (χ1n) is 10.8. The average molecular weight is 460 g/mol. The molecule has 0 bridgehead atoms. The molecular formula is C23H29N3O5S. The number of rotatable bonds is 7. The summed E-state index contributed by atoms with van der Waals surface area (Å²) >= 11 is 0. The SMILES string of the molecule is CCC(C(=O)N1CCN(Cc2ccc3c(c2)OCO3)CC1)N(c1ccccc1)S(C)(=O)=O. The molecule has 1 saturated heterocycles. The van der Waals surface area contributed by atoms with Gasteiger partial charge in [-0.1, -0.05) is 31.2 Å². The second-order valence-electron chi connectivity index (χ2n) is 8.11. The normalized spacial score (nSPS) is 17.2. The van der Waals surface area contributed by atoms with Crippen molar-refractivity contribution >= 4 is 21.6 Å². The third-order valence-corrected chi connectivity index (χ3v) is 7.03. The molecule has 1 unspecified atom stereocenters. The van der Waals surface area contributed by atoms with Crippen LogP contribution in [-0.4, -0.2) is 69.4 Å². The molecule has 8 nitrogen and oxygen atoms in total. The first-order valence-corrected chi connectivity index (χ1v) is 12.7. The summed E-state index contributed by atoms with van der Waals surface area (Å²) in [4.78, 5) is 17.4. The molecule has 1 amide bonds. The van der Waals surface area contributed by atoms with Crippen molar-refractivity contribution in [3.8, 4) is 11.5 Å². The van der Waals surface area contributed by atoms with Crippen molar-refractivity contribution in [3.63, 3.8) is 0 Å². The average Bonchev–Trinajstić information content (AvgIpc) is 3.25. The summed E-state index contributed by atoms with van der Waals surface area (Å²) in [5.41, 5.74) is 1.64. The van der Waals surface area contributed by atoms with E-state index in [1.165, 1.54) is 4.31 Å². The number of sulfonamides is 1. The molecule has 2 aromatic carbocycles. The number of nitrogens with zero attached hydrogens (tertiary/aromatic N) is 3. The zero-order chi connectivity index (χ0) is 22.7. The van der Waals surface area contributed by atoms with E-state index in [0.717, 1.165) is 43.0 Å². The summed E-state index contributed by atoms with van der Waals surface area (Å²) in [7, 11) is -3.62.